The molecule has 0 saturated carbocycles. The first kappa shape index (κ1) is 25.4. The fourth-order valence-corrected chi connectivity index (χ4v) is 4.00. The second kappa shape index (κ2) is 11.4. The van der Waals surface area contributed by atoms with Gasteiger partial charge >= 0.3 is 5.97 Å². The summed E-state index contributed by atoms with van der Waals surface area (Å²) < 4.78 is 17.1. The third kappa shape index (κ3) is 6.02. The SMILES string of the molecule is CCOc1cc(/C=C2\N=C(c3ccc(-c4ccccc4)cc3)OC2=O)ccc1OCc1ccc([N+](=O)[O-])cc1. The Morgan fingerprint density at radius 1 is 0.846 bits per heavy atom. The first-order valence-electron chi connectivity index (χ1n) is 12.3. The van der Waals surface area contributed by atoms with Crippen LogP contribution in [0.2, 0.25) is 0 Å². The van der Waals surface area contributed by atoms with Gasteiger partial charge in [0.25, 0.3) is 5.69 Å². The average Bonchev–Trinajstić information content (AvgIpc) is 3.33. The van der Waals surface area contributed by atoms with Crippen LogP contribution in [0.15, 0.2) is 108 Å². The number of ether oxygens (including phenoxy) is 3. The molecule has 0 spiro atoms. The molecule has 5 rings (SSSR count). The van der Waals surface area contributed by atoms with Gasteiger partial charge in [-0.3, -0.25) is 10.1 Å². The van der Waals surface area contributed by atoms with Gasteiger partial charge in [-0.1, -0.05) is 48.5 Å². The van der Waals surface area contributed by atoms with E-state index in [1.807, 2.05) is 61.5 Å². The smallest absolute Gasteiger partial charge is 0.363 e. The number of cyclic esters (lactones) is 1. The van der Waals surface area contributed by atoms with E-state index in [0.717, 1.165) is 16.7 Å². The zero-order chi connectivity index (χ0) is 27.2. The van der Waals surface area contributed by atoms with Crippen molar-refractivity contribution in [1.29, 1.82) is 0 Å². The molecule has 0 fully saturated rings. The van der Waals surface area contributed by atoms with E-state index in [2.05, 4.69) is 4.99 Å². The summed E-state index contributed by atoms with van der Waals surface area (Å²) in [6.45, 7) is 2.48. The Bertz CT molecular complexity index is 1560. The van der Waals surface area contributed by atoms with Crippen molar-refractivity contribution < 1.29 is 23.9 Å². The Kier molecular flexibility index (Phi) is 7.45. The Balaban J connectivity index is 1.32. The number of nitro benzene ring substituents is 1. The van der Waals surface area contributed by atoms with Crippen molar-refractivity contribution in [3.05, 3.63) is 130 Å². The van der Waals surface area contributed by atoms with Crippen LogP contribution in [-0.2, 0) is 16.1 Å². The van der Waals surface area contributed by atoms with Crippen LogP contribution in [0.25, 0.3) is 17.2 Å². The molecule has 8 nitrogen and oxygen atoms in total. The molecule has 0 radical (unpaired) electrons. The highest BCUT2D eigenvalue weighted by atomic mass is 16.6. The number of nitrogens with zero attached hydrogens (tertiary/aromatic N) is 2. The topological polar surface area (TPSA) is 100 Å². The molecule has 4 aromatic rings. The van der Waals surface area contributed by atoms with E-state index in [0.29, 0.717) is 29.2 Å². The van der Waals surface area contributed by atoms with Crippen LogP contribution in [0, 0.1) is 10.1 Å². The van der Waals surface area contributed by atoms with Crippen molar-refractivity contribution in [1.82, 2.24) is 0 Å². The largest absolute Gasteiger partial charge is 0.490 e. The monoisotopic (exact) mass is 520 g/mol. The minimum atomic E-state index is -0.534. The fourth-order valence-electron chi connectivity index (χ4n) is 4.00. The number of rotatable bonds is 9. The van der Waals surface area contributed by atoms with Gasteiger partial charge in [0.15, 0.2) is 17.2 Å². The Hall–Kier alpha value is -5.24. The van der Waals surface area contributed by atoms with Crippen molar-refractivity contribution in [2.45, 2.75) is 13.5 Å². The number of nitro groups is 1. The maximum Gasteiger partial charge on any atom is 0.363 e. The molecule has 39 heavy (non-hydrogen) atoms. The number of carbonyl (C=O) groups excluding carboxylic acids is 1. The van der Waals surface area contributed by atoms with E-state index < -0.39 is 10.9 Å². The standard InChI is InChI=1S/C31H24N2O6/c1-2-37-29-19-22(10-17-28(29)38-20-21-8-15-26(16-9-21)33(35)36)18-27-31(34)39-30(32-27)25-13-11-24(12-14-25)23-6-4-3-5-7-23/h3-19H,2,20H2,1H3/b27-18-. The van der Waals surface area contributed by atoms with Gasteiger partial charge in [-0.05, 0) is 71.7 Å². The molecule has 0 saturated heterocycles. The first-order chi connectivity index (χ1) is 19.0. The molecule has 1 aliphatic heterocycles. The number of carbonyl (C=O) groups is 1. The molecule has 194 valence electrons. The third-order valence-corrected chi connectivity index (χ3v) is 5.97. The molecule has 0 aromatic heterocycles. The zero-order valence-electron chi connectivity index (χ0n) is 21.1. The maximum absolute atomic E-state index is 12.6. The van der Waals surface area contributed by atoms with Crippen molar-refractivity contribution in [3.8, 4) is 22.6 Å². The zero-order valence-corrected chi connectivity index (χ0v) is 21.1. The highest BCUT2D eigenvalue weighted by Crippen LogP contribution is 2.31. The van der Waals surface area contributed by atoms with Gasteiger partial charge in [0, 0.05) is 17.7 Å². The van der Waals surface area contributed by atoms with E-state index in [4.69, 9.17) is 14.2 Å². The third-order valence-electron chi connectivity index (χ3n) is 5.97. The summed E-state index contributed by atoms with van der Waals surface area (Å²) in [5.74, 6) is 0.724. The molecule has 8 heteroatoms. The summed E-state index contributed by atoms with van der Waals surface area (Å²) in [6, 6.07) is 29.1. The average molecular weight is 521 g/mol. The van der Waals surface area contributed by atoms with Crippen LogP contribution >= 0.6 is 0 Å². The summed E-state index contributed by atoms with van der Waals surface area (Å²) in [5, 5.41) is 10.9. The van der Waals surface area contributed by atoms with E-state index >= 15 is 0 Å². The Morgan fingerprint density at radius 3 is 2.23 bits per heavy atom. The van der Waals surface area contributed by atoms with E-state index in [-0.39, 0.29) is 23.9 Å². The van der Waals surface area contributed by atoms with Crippen LogP contribution in [0.4, 0.5) is 5.69 Å². The molecule has 4 aromatic carbocycles. The summed E-state index contributed by atoms with van der Waals surface area (Å²) in [7, 11) is 0. The molecule has 1 aliphatic rings. The van der Waals surface area contributed by atoms with Gasteiger partial charge in [-0.2, -0.15) is 0 Å². The van der Waals surface area contributed by atoms with Crippen LogP contribution in [0.1, 0.15) is 23.6 Å². The lowest BCUT2D eigenvalue weighted by atomic mass is 10.0. The highest BCUT2D eigenvalue weighted by Gasteiger charge is 2.24. The van der Waals surface area contributed by atoms with Crippen LogP contribution in [0.5, 0.6) is 11.5 Å². The summed E-state index contributed by atoms with van der Waals surface area (Å²) in [6.07, 6.45) is 1.64. The number of aliphatic imine (C=N–C) groups is 1. The lowest BCUT2D eigenvalue weighted by Gasteiger charge is -2.13. The molecule has 0 aliphatic carbocycles. The van der Waals surface area contributed by atoms with E-state index in [1.54, 1.807) is 36.4 Å². The fraction of sp³-hybridized carbons (Fsp3) is 0.0968. The lowest BCUT2D eigenvalue weighted by Crippen LogP contribution is -2.05. The Labute approximate surface area is 225 Å². The molecule has 0 atom stereocenters. The highest BCUT2D eigenvalue weighted by molar-refractivity contribution is 6.13. The molecule has 1 heterocycles. The number of non-ortho nitro benzene ring substituents is 1. The minimum absolute atomic E-state index is 0.0200. The van der Waals surface area contributed by atoms with Crippen molar-refractivity contribution in [3.63, 3.8) is 0 Å². The lowest BCUT2D eigenvalue weighted by molar-refractivity contribution is -0.384. The van der Waals surface area contributed by atoms with Gasteiger partial charge in [-0.15, -0.1) is 0 Å². The van der Waals surface area contributed by atoms with Crippen molar-refractivity contribution >= 4 is 23.6 Å². The van der Waals surface area contributed by atoms with Gasteiger partial charge in [-0.25, -0.2) is 9.79 Å². The van der Waals surface area contributed by atoms with Gasteiger partial charge < -0.3 is 14.2 Å². The van der Waals surface area contributed by atoms with Crippen molar-refractivity contribution in [2.24, 2.45) is 4.99 Å². The predicted octanol–water partition coefficient (Wildman–Crippen LogP) is 6.58. The summed E-state index contributed by atoms with van der Waals surface area (Å²) in [5.41, 5.74) is 4.53. The van der Waals surface area contributed by atoms with Gasteiger partial charge in [0.05, 0.1) is 11.5 Å². The first-order valence-corrected chi connectivity index (χ1v) is 12.3. The molecule has 0 bridgehead atoms. The molecule has 0 N–H and O–H groups in total. The summed E-state index contributed by atoms with van der Waals surface area (Å²) >= 11 is 0. The number of benzene rings is 4. The van der Waals surface area contributed by atoms with Crippen LogP contribution in [-0.4, -0.2) is 23.4 Å². The maximum atomic E-state index is 12.6. The Morgan fingerprint density at radius 2 is 1.54 bits per heavy atom. The van der Waals surface area contributed by atoms with Gasteiger partial charge in [0.2, 0.25) is 5.90 Å². The number of esters is 1. The van der Waals surface area contributed by atoms with Crippen molar-refractivity contribution in [2.75, 3.05) is 6.61 Å². The predicted molar refractivity (Wildman–Crippen MR) is 148 cm³/mol. The summed E-state index contributed by atoms with van der Waals surface area (Å²) in [4.78, 5) is 27.4. The second-order valence-corrected chi connectivity index (χ2v) is 8.63. The van der Waals surface area contributed by atoms with Crippen LogP contribution in [0.3, 0.4) is 0 Å². The number of hydrogen-bond acceptors (Lipinski definition) is 7. The van der Waals surface area contributed by atoms with Crippen LogP contribution < -0.4 is 9.47 Å². The molecule has 0 amide bonds. The van der Waals surface area contributed by atoms with E-state index in [1.165, 1.54) is 12.1 Å². The quantitative estimate of drug-likeness (QED) is 0.107. The normalized spacial score (nSPS) is 13.6. The van der Waals surface area contributed by atoms with Gasteiger partial charge in [0.1, 0.15) is 6.61 Å². The molecular weight excluding hydrogens is 496 g/mol. The second-order valence-electron chi connectivity index (χ2n) is 8.63. The number of hydrogen-bond donors (Lipinski definition) is 0. The van der Waals surface area contributed by atoms with E-state index in [9.17, 15) is 14.9 Å². The molecule has 0 unspecified atom stereocenters. The minimum Gasteiger partial charge on any atom is -0.490 e. The molecular formula is C31H24N2O6.